The number of rotatable bonds is 12. The summed E-state index contributed by atoms with van der Waals surface area (Å²) in [5.74, 6) is 0.713. The van der Waals surface area contributed by atoms with Crippen molar-refractivity contribution in [3.8, 4) is 0 Å². The first-order chi connectivity index (χ1) is 13.9. The molecule has 1 aromatic carbocycles. The largest absolute Gasteiger partial charge is 0.411 e. The first-order valence-corrected chi connectivity index (χ1v) is 9.81. The third kappa shape index (κ3) is 11.3. The lowest BCUT2D eigenvalue weighted by Crippen LogP contribution is -2.42. The fraction of sp³-hybridized carbons (Fsp3) is 0.650. The van der Waals surface area contributed by atoms with Gasteiger partial charge in [-0.05, 0) is 24.0 Å². The molecule has 2 rings (SSSR count). The molecule has 0 heterocycles. The maximum absolute atomic E-state index is 12.1. The minimum Gasteiger partial charge on any atom is -0.383 e. The normalized spacial score (nSPS) is 14.5. The molecule has 0 spiro atoms. The van der Waals surface area contributed by atoms with E-state index in [0.29, 0.717) is 24.1 Å². The first kappa shape index (κ1) is 26.9. The fourth-order valence-electron chi connectivity index (χ4n) is 2.89. The summed E-state index contributed by atoms with van der Waals surface area (Å²) in [6.07, 6.45) is -1.78. The molecule has 10 heteroatoms. The Hall–Kier alpha value is -1.11. The number of benzene rings is 1. The van der Waals surface area contributed by atoms with Gasteiger partial charge in [0, 0.05) is 46.4 Å². The van der Waals surface area contributed by atoms with E-state index >= 15 is 0 Å². The van der Waals surface area contributed by atoms with E-state index in [1.54, 1.807) is 26.3 Å². The zero-order chi connectivity index (χ0) is 21.1. The minimum atomic E-state index is -4.30. The predicted octanol–water partition coefficient (Wildman–Crippen LogP) is 3.16. The Kier molecular flexibility index (Phi) is 12.6. The van der Waals surface area contributed by atoms with E-state index in [0.717, 1.165) is 31.8 Å². The van der Waals surface area contributed by atoms with E-state index in [-0.39, 0.29) is 30.6 Å². The van der Waals surface area contributed by atoms with Crippen LogP contribution in [0.25, 0.3) is 0 Å². The maximum Gasteiger partial charge on any atom is 0.411 e. The average molecular weight is 544 g/mol. The lowest BCUT2D eigenvalue weighted by Gasteiger charge is -2.22. The number of nitrogens with one attached hydrogen (secondary N) is 2. The molecule has 0 unspecified atom stereocenters. The number of methoxy groups -OCH3 is 1. The van der Waals surface area contributed by atoms with Crippen LogP contribution < -0.4 is 10.6 Å². The summed E-state index contributed by atoms with van der Waals surface area (Å²) in [7, 11) is 3.44. The molecule has 2 N–H and O–H groups in total. The number of nitrogens with zero attached hydrogens (tertiary/aromatic N) is 2. The van der Waals surface area contributed by atoms with E-state index in [4.69, 9.17) is 4.74 Å². The lowest BCUT2D eigenvalue weighted by molar-refractivity contribution is -0.176. The summed E-state index contributed by atoms with van der Waals surface area (Å²) in [4.78, 5) is 6.66. The van der Waals surface area contributed by atoms with Gasteiger partial charge < -0.3 is 20.1 Å². The molecule has 30 heavy (non-hydrogen) atoms. The number of hydrogen-bond donors (Lipinski definition) is 2. The number of alkyl halides is 3. The van der Waals surface area contributed by atoms with Gasteiger partial charge in [0.1, 0.15) is 6.61 Å². The summed E-state index contributed by atoms with van der Waals surface area (Å²) in [5, 5.41) is 6.56. The van der Waals surface area contributed by atoms with Crippen molar-refractivity contribution in [1.82, 2.24) is 15.5 Å². The van der Waals surface area contributed by atoms with Crippen LogP contribution in [0.4, 0.5) is 13.2 Å². The highest BCUT2D eigenvalue weighted by Crippen LogP contribution is 2.25. The molecule has 0 aliphatic heterocycles. The van der Waals surface area contributed by atoms with E-state index in [9.17, 15) is 13.2 Å². The van der Waals surface area contributed by atoms with Crippen molar-refractivity contribution in [2.45, 2.75) is 38.2 Å². The summed E-state index contributed by atoms with van der Waals surface area (Å²) < 4.78 is 46.2. The molecule has 1 aliphatic rings. The van der Waals surface area contributed by atoms with Gasteiger partial charge in [-0.15, -0.1) is 24.0 Å². The van der Waals surface area contributed by atoms with Crippen LogP contribution in [-0.4, -0.2) is 70.1 Å². The number of halogens is 4. The molecule has 6 nitrogen and oxygen atoms in total. The molecule has 1 fully saturated rings. The molecular weight excluding hydrogens is 512 g/mol. The van der Waals surface area contributed by atoms with Gasteiger partial charge in [-0.1, -0.05) is 24.3 Å². The quantitative estimate of drug-likeness (QED) is 0.241. The Balaban J connectivity index is 0.00000450. The van der Waals surface area contributed by atoms with Crippen molar-refractivity contribution in [3.05, 3.63) is 35.4 Å². The average Bonchev–Trinajstić information content (AvgIpc) is 3.52. The van der Waals surface area contributed by atoms with Crippen molar-refractivity contribution in [2.24, 2.45) is 4.99 Å². The zero-order valence-corrected chi connectivity index (χ0v) is 19.8. The highest BCUT2D eigenvalue weighted by atomic mass is 127. The van der Waals surface area contributed by atoms with Gasteiger partial charge in [-0.25, -0.2) is 0 Å². The number of hydrogen-bond acceptors (Lipinski definition) is 4. The predicted molar refractivity (Wildman–Crippen MR) is 122 cm³/mol. The third-order valence-electron chi connectivity index (χ3n) is 4.58. The summed E-state index contributed by atoms with van der Waals surface area (Å²) in [6.45, 7) is 2.67. The molecule has 1 saturated carbocycles. The first-order valence-electron chi connectivity index (χ1n) is 9.81. The molecule has 0 amide bonds. The van der Waals surface area contributed by atoms with Crippen LogP contribution in [0.2, 0.25) is 0 Å². The molecule has 0 radical (unpaired) electrons. The molecular formula is C20H32F3IN4O2. The number of guanidine groups is 1. The molecule has 1 aliphatic carbocycles. The van der Waals surface area contributed by atoms with E-state index in [1.807, 2.05) is 12.1 Å². The van der Waals surface area contributed by atoms with Crippen LogP contribution in [0.5, 0.6) is 0 Å². The van der Waals surface area contributed by atoms with E-state index in [2.05, 4.69) is 25.3 Å². The van der Waals surface area contributed by atoms with Crippen molar-refractivity contribution >= 4 is 29.9 Å². The van der Waals surface area contributed by atoms with Crippen LogP contribution in [0.1, 0.15) is 24.0 Å². The van der Waals surface area contributed by atoms with Crippen molar-refractivity contribution in [2.75, 3.05) is 47.0 Å². The Labute approximate surface area is 193 Å². The Morgan fingerprint density at radius 2 is 1.80 bits per heavy atom. The lowest BCUT2D eigenvalue weighted by atomic mass is 10.1. The third-order valence-corrected chi connectivity index (χ3v) is 4.58. The number of aliphatic imine (C=N–C) groups is 1. The smallest absolute Gasteiger partial charge is 0.383 e. The van der Waals surface area contributed by atoms with Crippen molar-refractivity contribution < 1.29 is 22.6 Å². The molecule has 1 aromatic rings. The van der Waals surface area contributed by atoms with E-state index < -0.39 is 12.8 Å². The topological polar surface area (TPSA) is 58.1 Å². The van der Waals surface area contributed by atoms with E-state index in [1.165, 1.54) is 12.8 Å². The van der Waals surface area contributed by atoms with Gasteiger partial charge in [-0.3, -0.25) is 9.89 Å². The van der Waals surface area contributed by atoms with Crippen LogP contribution >= 0.6 is 24.0 Å². The van der Waals surface area contributed by atoms with Gasteiger partial charge in [0.15, 0.2) is 5.96 Å². The molecule has 0 aromatic heterocycles. The highest BCUT2D eigenvalue weighted by molar-refractivity contribution is 14.0. The van der Waals surface area contributed by atoms with Gasteiger partial charge in [0.2, 0.25) is 0 Å². The fourth-order valence-corrected chi connectivity index (χ4v) is 2.89. The molecule has 0 atom stereocenters. The molecule has 0 bridgehead atoms. The SMILES string of the molecule is CN=C(NCCN(CCOC)C1CC1)NCc1ccc(COCC(F)(F)F)cc1.I. The Morgan fingerprint density at radius 3 is 2.37 bits per heavy atom. The summed E-state index contributed by atoms with van der Waals surface area (Å²) >= 11 is 0. The molecule has 172 valence electrons. The van der Waals surface area contributed by atoms with Crippen molar-refractivity contribution in [3.63, 3.8) is 0 Å². The highest BCUT2D eigenvalue weighted by Gasteiger charge is 2.28. The Bertz CT molecular complexity index is 625. The van der Waals surface area contributed by atoms with Crippen LogP contribution in [0.3, 0.4) is 0 Å². The number of ether oxygens (including phenoxy) is 2. The minimum absolute atomic E-state index is 0. The molecule has 0 saturated heterocycles. The second-order valence-electron chi connectivity index (χ2n) is 7.04. The van der Waals surface area contributed by atoms with Crippen LogP contribution in [0, 0.1) is 0 Å². The maximum atomic E-state index is 12.1. The van der Waals surface area contributed by atoms with Gasteiger partial charge in [0.05, 0.1) is 13.2 Å². The van der Waals surface area contributed by atoms with Crippen LogP contribution in [-0.2, 0) is 22.6 Å². The zero-order valence-electron chi connectivity index (χ0n) is 17.5. The van der Waals surface area contributed by atoms with Gasteiger partial charge >= 0.3 is 6.18 Å². The summed E-state index contributed by atoms with van der Waals surface area (Å²) in [5.41, 5.74) is 1.71. The second kappa shape index (κ2) is 14.0. The summed E-state index contributed by atoms with van der Waals surface area (Å²) in [6, 6.07) is 7.96. The monoisotopic (exact) mass is 544 g/mol. The standard InChI is InChI=1S/C20H31F3N4O2.HI/c1-24-19(25-9-10-27(11-12-28-2)18-7-8-18)26-13-16-3-5-17(6-4-16)14-29-15-20(21,22)23;/h3-6,18H,7-15H2,1-2H3,(H2,24,25,26);1H. The Morgan fingerprint density at radius 1 is 1.13 bits per heavy atom. The van der Waals surface area contributed by atoms with Crippen LogP contribution in [0.15, 0.2) is 29.3 Å². The van der Waals surface area contributed by atoms with Crippen molar-refractivity contribution in [1.29, 1.82) is 0 Å². The van der Waals surface area contributed by atoms with Gasteiger partial charge in [0.25, 0.3) is 0 Å². The van der Waals surface area contributed by atoms with Gasteiger partial charge in [-0.2, -0.15) is 13.2 Å². The second-order valence-corrected chi connectivity index (χ2v) is 7.04.